The number of hydrogen-bond acceptors (Lipinski definition) is 3. The lowest BCUT2D eigenvalue weighted by Crippen LogP contribution is -2.24. The molecule has 0 atom stereocenters. The number of aromatic nitrogens is 2. The standard InChI is InChI=1S/C21H22N4O2/c1-14-13-17(15(2)25(14)19-11-7-8-12-22-19)20(26)23-18-10-6-5-9-16(18)21(27)24(3)4/h5-13H,1-4H3,(H,23,26). The number of aryl methyl sites for hydroxylation is 1. The highest BCUT2D eigenvalue weighted by molar-refractivity contribution is 6.09. The van der Waals surface area contributed by atoms with Gasteiger partial charge in [0.2, 0.25) is 0 Å². The van der Waals surface area contributed by atoms with Crippen molar-refractivity contribution < 1.29 is 9.59 Å². The Balaban J connectivity index is 1.94. The molecule has 2 aromatic heterocycles. The van der Waals surface area contributed by atoms with Crippen LogP contribution in [0.3, 0.4) is 0 Å². The summed E-state index contributed by atoms with van der Waals surface area (Å²) in [7, 11) is 3.36. The molecule has 6 heteroatoms. The van der Waals surface area contributed by atoms with E-state index in [0.717, 1.165) is 17.2 Å². The van der Waals surface area contributed by atoms with E-state index in [4.69, 9.17) is 0 Å². The summed E-state index contributed by atoms with van der Waals surface area (Å²) < 4.78 is 1.94. The number of rotatable bonds is 4. The lowest BCUT2D eigenvalue weighted by Gasteiger charge is -2.14. The Bertz CT molecular complexity index is 991. The number of amides is 2. The SMILES string of the molecule is Cc1cc(C(=O)Nc2ccccc2C(=O)N(C)C)c(C)n1-c1ccccn1. The van der Waals surface area contributed by atoms with Crippen molar-refractivity contribution in [3.05, 3.63) is 77.2 Å². The van der Waals surface area contributed by atoms with E-state index >= 15 is 0 Å². The number of carbonyl (C=O) groups excluding carboxylic acids is 2. The Morgan fingerprint density at radius 2 is 1.70 bits per heavy atom. The van der Waals surface area contributed by atoms with Crippen molar-refractivity contribution >= 4 is 17.5 Å². The van der Waals surface area contributed by atoms with Gasteiger partial charge >= 0.3 is 0 Å². The van der Waals surface area contributed by atoms with Gasteiger partial charge in [-0.3, -0.25) is 9.59 Å². The zero-order valence-corrected chi connectivity index (χ0v) is 15.9. The number of anilines is 1. The fourth-order valence-electron chi connectivity index (χ4n) is 3.04. The van der Waals surface area contributed by atoms with Crippen LogP contribution in [-0.4, -0.2) is 40.4 Å². The molecule has 2 heterocycles. The first-order chi connectivity index (χ1) is 12.9. The van der Waals surface area contributed by atoms with Gasteiger partial charge in [0.05, 0.1) is 16.8 Å². The van der Waals surface area contributed by atoms with Crippen LogP contribution in [0.15, 0.2) is 54.7 Å². The maximum absolute atomic E-state index is 12.9. The van der Waals surface area contributed by atoms with Crippen molar-refractivity contribution in [3.63, 3.8) is 0 Å². The molecule has 2 amide bonds. The molecule has 0 saturated carbocycles. The Morgan fingerprint density at radius 1 is 1.00 bits per heavy atom. The second-order valence-electron chi connectivity index (χ2n) is 6.51. The Labute approximate surface area is 158 Å². The molecule has 3 aromatic rings. The molecule has 1 aromatic carbocycles. The number of pyridine rings is 1. The van der Waals surface area contributed by atoms with Gasteiger partial charge in [0.15, 0.2) is 0 Å². The minimum absolute atomic E-state index is 0.162. The average molecular weight is 362 g/mol. The minimum atomic E-state index is -0.260. The first kappa shape index (κ1) is 18.4. The molecular formula is C21H22N4O2. The Hall–Kier alpha value is -3.41. The molecule has 0 saturated heterocycles. The molecule has 6 nitrogen and oxygen atoms in total. The number of benzene rings is 1. The van der Waals surface area contributed by atoms with E-state index in [-0.39, 0.29) is 11.8 Å². The number of nitrogens with one attached hydrogen (secondary N) is 1. The summed E-state index contributed by atoms with van der Waals surface area (Å²) in [6.07, 6.45) is 1.72. The maximum atomic E-state index is 12.9. The summed E-state index contributed by atoms with van der Waals surface area (Å²) in [6, 6.07) is 14.5. The highest BCUT2D eigenvalue weighted by Gasteiger charge is 2.20. The van der Waals surface area contributed by atoms with E-state index in [1.54, 1.807) is 44.6 Å². The van der Waals surface area contributed by atoms with Crippen molar-refractivity contribution in [3.8, 4) is 5.82 Å². The smallest absolute Gasteiger partial charge is 0.257 e. The molecule has 138 valence electrons. The van der Waals surface area contributed by atoms with E-state index in [1.165, 1.54) is 4.90 Å². The first-order valence-electron chi connectivity index (χ1n) is 8.62. The summed E-state index contributed by atoms with van der Waals surface area (Å²) in [5, 5.41) is 2.88. The predicted molar refractivity (Wildman–Crippen MR) is 105 cm³/mol. The van der Waals surface area contributed by atoms with E-state index in [2.05, 4.69) is 10.3 Å². The zero-order valence-electron chi connectivity index (χ0n) is 15.9. The van der Waals surface area contributed by atoms with Crippen molar-refractivity contribution in [2.75, 3.05) is 19.4 Å². The van der Waals surface area contributed by atoms with Crippen molar-refractivity contribution in [2.24, 2.45) is 0 Å². The highest BCUT2D eigenvalue weighted by Crippen LogP contribution is 2.22. The molecule has 0 fully saturated rings. The van der Waals surface area contributed by atoms with Crippen molar-refractivity contribution in [2.45, 2.75) is 13.8 Å². The second-order valence-corrected chi connectivity index (χ2v) is 6.51. The van der Waals surface area contributed by atoms with Gasteiger partial charge in [0, 0.05) is 31.7 Å². The van der Waals surface area contributed by atoms with Crippen LogP contribution < -0.4 is 5.32 Å². The van der Waals surface area contributed by atoms with Crippen LogP contribution >= 0.6 is 0 Å². The molecule has 0 radical (unpaired) electrons. The fourth-order valence-corrected chi connectivity index (χ4v) is 3.04. The quantitative estimate of drug-likeness (QED) is 0.773. The molecule has 0 unspecified atom stereocenters. The zero-order chi connectivity index (χ0) is 19.6. The molecule has 0 spiro atoms. The maximum Gasteiger partial charge on any atom is 0.257 e. The third kappa shape index (κ3) is 3.60. The number of nitrogens with zero attached hydrogens (tertiary/aromatic N) is 3. The molecule has 0 bridgehead atoms. The molecule has 3 rings (SSSR count). The Morgan fingerprint density at radius 3 is 2.37 bits per heavy atom. The van der Waals surface area contributed by atoms with Gasteiger partial charge < -0.3 is 14.8 Å². The van der Waals surface area contributed by atoms with E-state index in [1.807, 2.05) is 42.7 Å². The lowest BCUT2D eigenvalue weighted by atomic mass is 10.1. The number of para-hydroxylation sites is 1. The van der Waals surface area contributed by atoms with E-state index in [9.17, 15) is 9.59 Å². The van der Waals surface area contributed by atoms with Crippen LogP contribution in [0.2, 0.25) is 0 Å². The van der Waals surface area contributed by atoms with Crippen LogP contribution in [0.1, 0.15) is 32.1 Å². The van der Waals surface area contributed by atoms with Gasteiger partial charge in [0.25, 0.3) is 11.8 Å². The van der Waals surface area contributed by atoms with E-state index < -0.39 is 0 Å². The number of carbonyl (C=O) groups is 2. The second kappa shape index (κ2) is 7.45. The number of hydrogen-bond donors (Lipinski definition) is 1. The molecular weight excluding hydrogens is 340 g/mol. The van der Waals surface area contributed by atoms with Gasteiger partial charge in [-0.1, -0.05) is 18.2 Å². The largest absolute Gasteiger partial charge is 0.345 e. The summed E-state index contributed by atoms with van der Waals surface area (Å²) >= 11 is 0. The van der Waals surface area contributed by atoms with Crippen LogP contribution in [-0.2, 0) is 0 Å². The van der Waals surface area contributed by atoms with Crippen LogP contribution in [0.5, 0.6) is 0 Å². The highest BCUT2D eigenvalue weighted by atomic mass is 16.2. The molecule has 0 aliphatic heterocycles. The third-order valence-electron chi connectivity index (χ3n) is 4.37. The average Bonchev–Trinajstić information content (AvgIpc) is 2.96. The van der Waals surface area contributed by atoms with Crippen LogP contribution in [0, 0.1) is 13.8 Å². The third-order valence-corrected chi connectivity index (χ3v) is 4.37. The van der Waals surface area contributed by atoms with Crippen LogP contribution in [0.4, 0.5) is 5.69 Å². The first-order valence-corrected chi connectivity index (χ1v) is 8.62. The molecule has 0 aliphatic rings. The predicted octanol–water partition coefficient (Wildman–Crippen LogP) is 3.44. The summed E-state index contributed by atoms with van der Waals surface area (Å²) in [4.78, 5) is 31.1. The van der Waals surface area contributed by atoms with Gasteiger partial charge in [-0.15, -0.1) is 0 Å². The molecule has 1 N–H and O–H groups in total. The summed E-state index contributed by atoms with van der Waals surface area (Å²) in [5.74, 6) is 0.337. The molecule has 27 heavy (non-hydrogen) atoms. The van der Waals surface area contributed by atoms with Gasteiger partial charge in [-0.05, 0) is 44.2 Å². The summed E-state index contributed by atoms with van der Waals surface area (Å²) in [6.45, 7) is 3.81. The minimum Gasteiger partial charge on any atom is -0.345 e. The van der Waals surface area contributed by atoms with Gasteiger partial charge in [-0.25, -0.2) is 4.98 Å². The van der Waals surface area contributed by atoms with Crippen LogP contribution in [0.25, 0.3) is 5.82 Å². The Kier molecular flexibility index (Phi) is 5.07. The topological polar surface area (TPSA) is 67.2 Å². The lowest BCUT2D eigenvalue weighted by molar-refractivity contribution is 0.0828. The van der Waals surface area contributed by atoms with Crippen molar-refractivity contribution in [1.29, 1.82) is 0 Å². The fraction of sp³-hybridized carbons (Fsp3) is 0.190. The summed E-state index contributed by atoms with van der Waals surface area (Å²) in [5.41, 5.74) is 3.19. The molecule has 0 aliphatic carbocycles. The van der Waals surface area contributed by atoms with Gasteiger partial charge in [0.1, 0.15) is 5.82 Å². The van der Waals surface area contributed by atoms with E-state index in [0.29, 0.717) is 16.8 Å². The van der Waals surface area contributed by atoms with Gasteiger partial charge in [-0.2, -0.15) is 0 Å². The monoisotopic (exact) mass is 362 g/mol. The normalized spacial score (nSPS) is 10.5. The van der Waals surface area contributed by atoms with Crippen molar-refractivity contribution in [1.82, 2.24) is 14.5 Å².